The molecule has 20 heteroatoms. The average Bonchev–Trinajstić information content (AvgIpc) is 3.57. The van der Waals surface area contributed by atoms with Crippen LogP contribution in [0.25, 0.3) is 5.57 Å². The SMILES string of the molecule is CC1(C)C(/C=C/C(=C/C=C2/N(c3cccc(S(=O)(=O)O)c3)c3ccc(S(=O)(=O)O)cc3C2(C)C)c2ccc(C(=O)O)cc2)=[N+](c2cccc(S(=O)(=O)O)c2)c2ccc(S(=O)(=O)O)cc21. The molecule has 0 spiro atoms. The second-order valence-electron chi connectivity index (χ2n) is 15.9. The number of benzene rings is 5. The minimum Gasteiger partial charge on any atom is -0.478 e. The van der Waals surface area contributed by atoms with Gasteiger partial charge in [0.15, 0.2) is 5.71 Å². The van der Waals surface area contributed by atoms with Gasteiger partial charge in [-0.2, -0.15) is 38.2 Å². The Hall–Kier alpha value is -6.10. The predicted molar refractivity (Wildman–Crippen MR) is 238 cm³/mol. The largest absolute Gasteiger partial charge is 0.478 e. The van der Waals surface area contributed by atoms with Gasteiger partial charge in [0.1, 0.15) is 4.90 Å². The van der Waals surface area contributed by atoms with Crippen molar-refractivity contribution in [3.05, 3.63) is 161 Å². The maximum absolute atomic E-state index is 12.3. The van der Waals surface area contributed by atoms with Crippen LogP contribution in [0.5, 0.6) is 0 Å². The first kappa shape index (κ1) is 45.9. The molecule has 2 heterocycles. The first-order chi connectivity index (χ1) is 29.6. The van der Waals surface area contributed by atoms with Gasteiger partial charge in [-0.3, -0.25) is 18.2 Å². The summed E-state index contributed by atoms with van der Waals surface area (Å²) >= 11 is 0. The molecule has 2 aliphatic rings. The van der Waals surface area contributed by atoms with Crippen LogP contribution in [0.3, 0.4) is 0 Å². The van der Waals surface area contributed by atoms with Crippen molar-refractivity contribution in [3.8, 4) is 0 Å². The normalized spacial score (nSPS) is 17.0. The monoisotopic (exact) mass is 947 g/mol. The molecule has 0 radical (unpaired) electrons. The fourth-order valence-electron chi connectivity index (χ4n) is 7.92. The summed E-state index contributed by atoms with van der Waals surface area (Å²) in [5, 5.41) is 9.68. The Morgan fingerprint density at radius 3 is 1.69 bits per heavy atom. The van der Waals surface area contributed by atoms with E-state index in [0.717, 1.165) is 0 Å². The summed E-state index contributed by atoms with van der Waals surface area (Å²) < 4.78 is 140. The van der Waals surface area contributed by atoms with Crippen molar-refractivity contribution >= 4 is 80.5 Å². The highest BCUT2D eigenvalue weighted by atomic mass is 32.2. The summed E-state index contributed by atoms with van der Waals surface area (Å²) in [6.07, 6.45) is 6.72. The molecule has 332 valence electrons. The lowest BCUT2D eigenvalue weighted by Gasteiger charge is -2.27. The fraction of sp³-hybridized carbons (Fsp3) is 0.136. The van der Waals surface area contributed by atoms with Crippen molar-refractivity contribution in [2.45, 2.75) is 58.1 Å². The first-order valence-electron chi connectivity index (χ1n) is 18.9. The van der Waals surface area contributed by atoms with Crippen molar-refractivity contribution in [1.29, 1.82) is 0 Å². The van der Waals surface area contributed by atoms with Gasteiger partial charge in [-0.15, -0.1) is 0 Å². The predicted octanol–water partition coefficient (Wildman–Crippen LogP) is 7.59. The van der Waals surface area contributed by atoms with Gasteiger partial charge in [0, 0.05) is 46.6 Å². The van der Waals surface area contributed by atoms with Crippen molar-refractivity contribution in [3.63, 3.8) is 0 Å². The molecule has 0 amide bonds. The Morgan fingerprint density at radius 2 is 1.11 bits per heavy atom. The summed E-state index contributed by atoms with van der Waals surface area (Å²) in [5.74, 6) is -1.18. The van der Waals surface area contributed by atoms with Gasteiger partial charge in [-0.1, -0.05) is 44.2 Å². The smallest absolute Gasteiger partial charge is 0.335 e. The molecule has 0 bridgehead atoms. The third-order valence-electron chi connectivity index (χ3n) is 11.2. The lowest BCUT2D eigenvalue weighted by Crippen LogP contribution is -2.28. The summed E-state index contributed by atoms with van der Waals surface area (Å²) in [7, 11) is -18.7. The van der Waals surface area contributed by atoms with E-state index in [2.05, 4.69) is 0 Å². The molecule has 0 unspecified atom stereocenters. The molecule has 0 aromatic heterocycles. The molecule has 0 atom stereocenters. The van der Waals surface area contributed by atoms with Gasteiger partial charge >= 0.3 is 5.97 Å². The molecular weight excluding hydrogens is 909 g/mol. The van der Waals surface area contributed by atoms with E-state index in [0.29, 0.717) is 45.0 Å². The Balaban J connectivity index is 1.49. The van der Waals surface area contributed by atoms with E-state index >= 15 is 0 Å². The lowest BCUT2D eigenvalue weighted by atomic mass is 9.81. The van der Waals surface area contributed by atoms with Crippen molar-refractivity contribution in [2.24, 2.45) is 0 Å². The third kappa shape index (κ3) is 8.61. The van der Waals surface area contributed by atoms with Gasteiger partial charge in [-0.05, 0) is 109 Å². The van der Waals surface area contributed by atoms with E-state index in [-0.39, 0.29) is 16.9 Å². The number of nitrogens with zero attached hydrogens (tertiary/aromatic N) is 2. The van der Waals surface area contributed by atoms with Crippen LogP contribution in [0.4, 0.5) is 22.7 Å². The van der Waals surface area contributed by atoms with Gasteiger partial charge in [0.25, 0.3) is 40.5 Å². The van der Waals surface area contributed by atoms with Crippen LogP contribution in [0.15, 0.2) is 159 Å². The maximum Gasteiger partial charge on any atom is 0.335 e. The summed E-state index contributed by atoms with van der Waals surface area (Å²) in [6.45, 7) is 7.10. The number of carboxylic acid groups (broad SMARTS) is 1. The number of hydrogen-bond acceptors (Lipinski definition) is 10. The molecular formula is C44H39N2O14S4+. The topological polar surface area (TPSA) is 261 Å². The quantitative estimate of drug-likeness (QED) is 0.0485. The number of carboxylic acids is 1. The molecule has 0 saturated heterocycles. The van der Waals surface area contributed by atoms with E-state index in [1.807, 2.05) is 0 Å². The molecule has 16 nitrogen and oxygen atoms in total. The van der Waals surface area contributed by atoms with Crippen LogP contribution >= 0.6 is 0 Å². The van der Waals surface area contributed by atoms with E-state index in [1.54, 1.807) is 85.7 Å². The van der Waals surface area contributed by atoms with Crippen molar-refractivity contribution < 1.29 is 61.8 Å². The number of allylic oxidation sites excluding steroid dienone is 6. The molecule has 2 aliphatic heterocycles. The minimum absolute atomic E-state index is 0.0152. The van der Waals surface area contributed by atoms with Crippen molar-refractivity contribution in [2.75, 3.05) is 4.90 Å². The average molecular weight is 948 g/mol. The van der Waals surface area contributed by atoms with Gasteiger partial charge in [-0.25, -0.2) is 4.79 Å². The fourth-order valence-corrected chi connectivity index (χ4v) is 9.97. The van der Waals surface area contributed by atoms with Crippen LogP contribution in [-0.2, 0) is 51.3 Å². The summed E-state index contributed by atoms with van der Waals surface area (Å²) in [4.78, 5) is 11.9. The second-order valence-corrected chi connectivity index (χ2v) is 21.6. The minimum atomic E-state index is -4.68. The molecule has 0 aliphatic carbocycles. The zero-order valence-corrected chi connectivity index (χ0v) is 37.4. The third-order valence-corrected chi connectivity index (χ3v) is 14.6. The van der Waals surface area contributed by atoms with Crippen LogP contribution in [0, 0.1) is 0 Å². The number of fused-ring (bicyclic) bond motifs is 2. The maximum atomic E-state index is 12.3. The van der Waals surface area contributed by atoms with E-state index in [9.17, 15) is 61.8 Å². The number of aromatic carboxylic acids is 1. The number of anilines is 2. The van der Waals surface area contributed by atoms with E-state index in [1.165, 1.54) is 84.9 Å². The zero-order chi connectivity index (χ0) is 46.9. The molecule has 64 heavy (non-hydrogen) atoms. The van der Waals surface area contributed by atoms with Crippen LogP contribution in [-0.4, -0.2) is 68.7 Å². The first-order valence-corrected chi connectivity index (χ1v) is 24.7. The van der Waals surface area contributed by atoms with Gasteiger partial charge in [0.05, 0.1) is 31.4 Å². The molecule has 0 saturated carbocycles. The summed E-state index contributed by atoms with van der Waals surface area (Å²) in [6, 6.07) is 24.6. The Labute approximate surface area is 369 Å². The summed E-state index contributed by atoms with van der Waals surface area (Å²) in [5.41, 5.74) is 1.91. The lowest BCUT2D eigenvalue weighted by molar-refractivity contribution is 0.0696. The number of hydrogen-bond donors (Lipinski definition) is 5. The van der Waals surface area contributed by atoms with Crippen LogP contribution in [0.2, 0.25) is 0 Å². The Morgan fingerprint density at radius 1 is 0.594 bits per heavy atom. The van der Waals surface area contributed by atoms with Crippen LogP contribution in [0.1, 0.15) is 54.7 Å². The molecule has 5 N–H and O–H groups in total. The molecule has 7 rings (SSSR count). The van der Waals surface area contributed by atoms with E-state index in [4.69, 9.17) is 0 Å². The highest BCUT2D eigenvalue weighted by molar-refractivity contribution is 7.86. The second kappa shape index (κ2) is 15.9. The standard InChI is InChI=1S/C44H38N2O14S4/c1-43(2)36-25-34(63(55,56)57)17-19-38(36)45(30-7-5-9-32(23-30)61(49,50)51)40(43)21-15-28(27-11-13-29(14-12-27)42(47)48)16-22-41-44(3,4)37-26-35(64(58,59)60)18-20-39(37)46(41)31-8-6-10-33(24-31)62(52,53)54/h5-26H,1-4H3,(H4-,47,48,49,50,51,52,53,54,55,56,57,58,59,60)/p+1. The highest BCUT2D eigenvalue weighted by Crippen LogP contribution is 2.52. The van der Waals surface area contributed by atoms with Crippen molar-refractivity contribution in [1.82, 2.24) is 4.58 Å². The number of rotatable bonds is 11. The van der Waals surface area contributed by atoms with Gasteiger partial charge in [0.2, 0.25) is 11.4 Å². The van der Waals surface area contributed by atoms with Gasteiger partial charge < -0.3 is 10.0 Å². The number of carbonyl (C=O) groups is 1. The van der Waals surface area contributed by atoms with Crippen LogP contribution < -0.4 is 9.48 Å². The molecule has 5 aromatic carbocycles. The zero-order valence-electron chi connectivity index (χ0n) is 34.1. The Kier molecular flexibility index (Phi) is 11.4. The highest BCUT2D eigenvalue weighted by Gasteiger charge is 2.46. The van der Waals surface area contributed by atoms with E-state index < -0.39 is 76.9 Å². The molecule has 0 fully saturated rings. The molecule has 5 aromatic rings. The Bertz CT molecular complexity index is 3410.